The van der Waals surface area contributed by atoms with E-state index in [9.17, 15) is 4.79 Å². The summed E-state index contributed by atoms with van der Waals surface area (Å²) >= 11 is 0. The van der Waals surface area contributed by atoms with Crippen LogP contribution in [0.4, 0.5) is 0 Å². The van der Waals surface area contributed by atoms with Crippen LogP contribution in [0.25, 0.3) is 0 Å². The fourth-order valence-corrected chi connectivity index (χ4v) is 0.916. The second kappa shape index (κ2) is 4.56. The molecule has 0 fully saturated rings. The highest BCUT2D eigenvalue weighted by Gasteiger charge is 2.01. The van der Waals surface area contributed by atoms with Gasteiger partial charge in [0.2, 0.25) is 5.91 Å². The summed E-state index contributed by atoms with van der Waals surface area (Å²) in [6.45, 7) is 0.447. The predicted molar refractivity (Wildman–Crippen MR) is 44.6 cm³/mol. The molecule has 6 heteroatoms. The van der Waals surface area contributed by atoms with E-state index in [2.05, 4.69) is 10.3 Å². The number of carbonyl (C=O) groups excluding carboxylic acids is 1. The quantitative estimate of drug-likeness (QED) is 0.594. The van der Waals surface area contributed by atoms with Crippen molar-refractivity contribution in [1.29, 1.82) is 0 Å². The topological polar surface area (TPSA) is 94.0 Å². The van der Waals surface area contributed by atoms with Crippen LogP contribution in [0.3, 0.4) is 0 Å². The zero-order valence-electron chi connectivity index (χ0n) is 7.18. The zero-order chi connectivity index (χ0) is 9.68. The number of amides is 1. The third-order valence-electron chi connectivity index (χ3n) is 1.54. The van der Waals surface area contributed by atoms with Crippen LogP contribution in [0, 0.1) is 0 Å². The molecule has 0 unspecified atom stereocenters. The monoisotopic (exact) mass is 184 g/mol. The van der Waals surface area contributed by atoms with Crippen LogP contribution < -0.4 is 5.73 Å². The van der Waals surface area contributed by atoms with E-state index in [4.69, 9.17) is 10.8 Å². The molecule has 1 aromatic heterocycles. The van der Waals surface area contributed by atoms with Gasteiger partial charge in [-0.2, -0.15) is 0 Å². The van der Waals surface area contributed by atoms with Gasteiger partial charge in [0.05, 0.1) is 18.8 Å². The van der Waals surface area contributed by atoms with Gasteiger partial charge < -0.3 is 10.8 Å². The molecule has 1 amide bonds. The van der Waals surface area contributed by atoms with E-state index in [-0.39, 0.29) is 18.9 Å². The Labute approximate surface area is 75.3 Å². The Morgan fingerprint density at radius 3 is 3.08 bits per heavy atom. The Kier molecular flexibility index (Phi) is 3.39. The summed E-state index contributed by atoms with van der Waals surface area (Å²) in [7, 11) is 0. The normalized spacial score (nSPS) is 10.2. The third-order valence-corrected chi connectivity index (χ3v) is 1.54. The van der Waals surface area contributed by atoms with Gasteiger partial charge in [0, 0.05) is 19.0 Å². The first-order chi connectivity index (χ1) is 6.22. The largest absolute Gasteiger partial charge is 0.394 e. The molecule has 0 radical (unpaired) electrons. The van der Waals surface area contributed by atoms with Crippen molar-refractivity contribution in [3.63, 3.8) is 0 Å². The van der Waals surface area contributed by atoms with Gasteiger partial charge in [0.1, 0.15) is 0 Å². The molecule has 0 bridgehead atoms. The maximum absolute atomic E-state index is 10.4. The average Bonchev–Trinajstić information content (AvgIpc) is 2.50. The maximum atomic E-state index is 10.4. The molecule has 1 aromatic rings. The van der Waals surface area contributed by atoms with Crippen LogP contribution in [0.15, 0.2) is 6.20 Å². The van der Waals surface area contributed by atoms with E-state index in [0.717, 1.165) is 0 Å². The smallest absolute Gasteiger partial charge is 0.217 e. The van der Waals surface area contributed by atoms with Crippen molar-refractivity contribution in [2.75, 3.05) is 6.61 Å². The molecule has 72 valence electrons. The summed E-state index contributed by atoms with van der Waals surface area (Å²) in [5, 5.41) is 16.1. The molecular formula is C7H12N4O2. The van der Waals surface area contributed by atoms with Crippen molar-refractivity contribution in [1.82, 2.24) is 15.0 Å². The summed E-state index contributed by atoms with van der Waals surface area (Å²) in [6, 6.07) is 0. The first kappa shape index (κ1) is 9.66. The summed E-state index contributed by atoms with van der Waals surface area (Å²) < 4.78 is 1.52. The number of rotatable bonds is 5. The van der Waals surface area contributed by atoms with E-state index in [1.807, 2.05) is 0 Å². The molecule has 0 aromatic carbocycles. The number of hydrogen-bond donors (Lipinski definition) is 2. The van der Waals surface area contributed by atoms with Crippen molar-refractivity contribution in [2.24, 2.45) is 5.73 Å². The number of carbonyl (C=O) groups is 1. The zero-order valence-corrected chi connectivity index (χ0v) is 7.18. The van der Waals surface area contributed by atoms with Crippen molar-refractivity contribution >= 4 is 5.91 Å². The second-order valence-electron chi connectivity index (χ2n) is 2.66. The first-order valence-corrected chi connectivity index (χ1v) is 4.00. The second-order valence-corrected chi connectivity index (χ2v) is 2.66. The average molecular weight is 184 g/mol. The lowest BCUT2D eigenvalue weighted by Crippen LogP contribution is -2.11. The Hall–Kier alpha value is -1.43. The molecule has 1 heterocycles. The van der Waals surface area contributed by atoms with Crippen molar-refractivity contribution in [3.05, 3.63) is 11.9 Å². The molecule has 0 aliphatic rings. The van der Waals surface area contributed by atoms with Crippen LogP contribution in [0.5, 0.6) is 0 Å². The lowest BCUT2D eigenvalue weighted by molar-refractivity contribution is -0.118. The van der Waals surface area contributed by atoms with Gasteiger partial charge >= 0.3 is 0 Å². The summed E-state index contributed by atoms with van der Waals surface area (Å²) in [5.74, 6) is -0.350. The Bertz CT molecular complexity index is 284. The van der Waals surface area contributed by atoms with Gasteiger partial charge in [-0.25, -0.2) is 4.68 Å². The van der Waals surface area contributed by atoms with Crippen LogP contribution >= 0.6 is 0 Å². The molecule has 0 spiro atoms. The van der Waals surface area contributed by atoms with Crippen LogP contribution in [0.2, 0.25) is 0 Å². The fourth-order valence-electron chi connectivity index (χ4n) is 0.916. The summed E-state index contributed by atoms with van der Waals surface area (Å²) in [5.41, 5.74) is 5.69. The SMILES string of the molecule is NC(=O)CCc1cn(CCO)nn1. The van der Waals surface area contributed by atoms with E-state index < -0.39 is 0 Å². The maximum Gasteiger partial charge on any atom is 0.217 e. The van der Waals surface area contributed by atoms with Crippen molar-refractivity contribution < 1.29 is 9.90 Å². The van der Waals surface area contributed by atoms with Crippen LogP contribution in [0.1, 0.15) is 12.1 Å². The molecule has 0 aliphatic carbocycles. The standard InChI is InChI=1S/C7H12N4O2/c8-7(13)2-1-6-5-11(3-4-12)10-9-6/h5,12H,1-4H2,(H2,8,13). The van der Waals surface area contributed by atoms with Gasteiger partial charge in [-0.3, -0.25) is 4.79 Å². The number of hydrogen-bond acceptors (Lipinski definition) is 4. The van der Waals surface area contributed by atoms with Gasteiger partial charge in [-0.15, -0.1) is 5.10 Å². The summed E-state index contributed by atoms with van der Waals surface area (Å²) in [6.07, 6.45) is 2.47. The minimum absolute atomic E-state index is 0.0264. The fraction of sp³-hybridized carbons (Fsp3) is 0.571. The molecular weight excluding hydrogens is 172 g/mol. The van der Waals surface area contributed by atoms with Crippen molar-refractivity contribution in [2.45, 2.75) is 19.4 Å². The molecule has 6 nitrogen and oxygen atoms in total. The first-order valence-electron chi connectivity index (χ1n) is 4.00. The molecule has 0 aliphatic heterocycles. The van der Waals surface area contributed by atoms with E-state index >= 15 is 0 Å². The molecule has 13 heavy (non-hydrogen) atoms. The molecule has 0 saturated heterocycles. The highest BCUT2D eigenvalue weighted by Crippen LogP contribution is 1.97. The number of aliphatic hydroxyl groups is 1. The number of nitrogens with two attached hydrogens (primary N) is 1. The van der Waals surface area contributed by atoms with Crippen LogP contribution in [-0.2, 0) is 17.8 Å². The number of aryl methyl sites for hydroxylation is 1. The van der Waals surface area contributed by atoms with Gasteiger partial charge in [0.25, 0.3) is 0 Å². The Balaban J connectivity index is 2.44. The minimum atomic E-state index is -0.350. The minimum Gasteiger partial charge on any atom is -0.394 e. The van der Waals surface area contributed by atoms with Crippen LogP contribution in [-0.4, -0.2) is 32.6 Å². The lowest BCUT2D eigenvalue weighted by Gasteiger charge is -1.92. The predicted octanol–water partition coefficient (Wildman–Crippen LogP) is -1.31. The molecule has 0 saturated carbocycles. The molecule has 3 N–H and O–H groups in total. The van der Waals surface area contributed by atoms with Gasteiger partial charge in [0.15, 0.2) is 0 Å². The van der Waals surface area contributed by atoms with E-state index in [0.29, 0.717) is 18.7 Å². The van der Waals surface area contributed by atoms with E-state index in [1.165, 1.54) is 4.68 Å². The summed E-state index contributed by atoms with van der Waals surface area (Å²) in [4.78, 5) is 10.4. The third kappa shape index (κ3) is 3.20. The molecule has 0 atom stereocenters. The number of aliphatic hydroxyl groups excluding tert-OH is 1. The Morgan fingerprint density at radius 2 is 2.46 bits per heavy atom. The Morgan fingerprint density at radius 1 is 1.69 bits per heavy atom. The molecule has 1 rings (SSSR count). The highest BCUT2D eigenvalue weighted by atomic mass is 16.3. The number of nitrogens with zero attached hydrogens (tertiary/aromatic N) is 3. The number of primary amides is 1. The lowest BCUT2D eigenvalue weighted by atomic mass is 10.2. The van der Waals surface area contributed by atoms with E-state index in [1.54, 1.807) is 6.20 Å². The van der Waals surface area contributed by atoms with Gasteiger partial charge in [-0.1, -0.05) is 5.21 Å². The van der Waals surface area contributed by atoms with Gasteiger partial charge in [-0.05, 0) is 0 Å². The van der Waals surface area contributed by atoms with Crippen molar-refractivity contribution in [3.8, 4) is 0 Å². The highest BCUT2D eigenvalue weighted by molar-refractivity contribution is 5.73. The number of aromatic nitrogens is 3.